The molecule has 0 radical (unpaired) electrons. The van der Waals surface area contributed by atoms with Gasteiger partial charge >= 0.3 is 5.97 Å². The van der Waals surface area contributed by atoms with Crippen LogP contribution in [0, 0.1) is 0 Å². The Bertz CT molecular complexity index is 1160. The second-order valence-electron chi connectivity index (χ2n) is 5.50. The first kappa shape index (κ1) is 15.1. The third kappa shape index (κ3) is 2.55. The molecule has 7 nitrogen and oxygen atoms in total. The summed E-state index contributed by atoms with van der Waals surface area (Å²) in [6, 6.07) is 8.70. The Morgan fingerprint density at radius 3 is 3.04 bits per heavy atom. The summed E-state index contributed by atoms with van der Waals surface area (Å²) in [7, 11) is 1.32. The summed E-state index contributed by atoms with van der Waals surface area (Å²) in [4.78, 5) is 32.6. The first-order valence-electron chi connectivity index (χ1n) is 7.56. The third-order valence-electron chi connectivity index (χ3n) is 3.95. The van der Waals surface area contributed by atoms with E-state index in [4.69, 9.17) is 9.15 Å². The first-order valence-corrected chi connectivity index (χ1v) is 7.56. The number of methoxy groups -OCH3 is 1. The molecule has 3 aromatic heterocycles. The zero-order valence-corrected chi connectivity index (χ0v) is 13.3. The van der Waals surface area contributed by atoms with Gasteiger partial charge in [0.25, 0.3) is 5.56 Å². The first-order chi connectivity index (χ1) is 12.2. The predicted molar refractivity (Wildman–Crippen MR) is 90.5 cm³/mol. The number of nitrogens with zero attached hydrogens (tertiary/aromatic N) is 3. The number of hydrogen-bond donors (Lipinski definition) is 0. The molecule has 7 heteroatoms. The van der Waals surface area contributed by atoms with E-state index < -0.39 is 5.97 Å². The maximum atomic E-state index is 12.5. The second kappa shape index (κ2) is 5.86. The van der Waals surface area contributed by atoms with Crippen molar-refractivity contribution in [2.75, 3.05) is 7.11 Å². The summed E-state index contributed by atoms with van der Waals surface area (Å²) in [6.45, 7) is 0.200. The number of fused-ring (bicyclic) bond motifs is 2. The molecule has 3 heterocycles. The molecule has 4 rings (SSSR count). The highest BCUT2D eigenvalue weighted by Crippen LogP contribution is 2.24. The maximum absolute atomic E-state index is 12.5. The van der Waals surface area contributed by atoms with Crippen LogP contribution < -0.4 is 5.56 Å². The van der Waals surface area contributed by atoms with E-state index in [0.717, 1.165) is 5.39 Å². The number of carbonyl (C=O) groups excluding carboxylic acids is 1. The van der Waals surface area contributed by atoms with E-state index in [0.29, 0.717) is 27.8 Å². The van der Waals surface area contributed by atoms with Gasteiger partial charge in [0.1, 0.15) is 16.9 Å². The molecule has 0 saturated carbocycles. The lowest BCUT2D eigenvalue weighted by atomic mass is 10.1. The van der Waals surface area contributed by atoms with Crippen molar-refractivity contribution in [1.82, 2.24) is 14.5 Å². The summed E-state index contributed by atoms with van der Waals surface area (Å²) in [5, 5.41) is 1.21. The van der Waals surface area contributed by atoms with Crippen molar-refractivity contribution in [3.8, 4) is 0 Å². The van der Waals surface area contributed by atoms with Crippen molar-refractivity contribution in [2.45, 2.75) is 6.54 Å². The molecule has 124 valence electrons. The van der Waals surface area contributed by atoms with Gasteiger partial charge in [0.05, 0.1) is 30.9 Å². The zero-order chi connectivity index (χ0) is 17.4. The lowest BCUT2D eigenvalue weighted by Gasteiger charge is -2.04. The Kier molecular flexibility index (Phi) is 3.53. The van der Waals surface area contributed by atoms with E-state index in [9.17, 15) is 9.59 Å². The number of benzene rings is 1. The van der Waals surface area contributed by atoms with Crippen LogP contribution in [0.5, 0.6) is 0 Å². The van der Waals surface area contributed by atoms with Crippen LogP contribution in [0.25, 0.3) is 21.9 Å². The van der Waals surface area contributed by atoms with Crippen molar-refractivity contribution < 1.29 is 13.9 Å². The molecule has 0 atom stereocenters. The van der Waals surface area contributed by atoms with Crippen LogP contribution in [0.4, 0.5) is 0 Å². The average molecular weight is 335 g/mol. The molecule has 0 amide bonds. The molecular weight excluding hydrogens is 322 g/mol. The highest BCUT2D eigenvalue weighted by Gasteiger charge is 2.15. The average Bonchev–Trinajstić information content (AvgIpc) is 3.06. The van der Waals surface area contributed by atoms with Gasteiger partial charge in [-0.15, -0.1) is 0 Å². The lowest BCUT2D eigenvalue weighted by Crippen LogP contribution is -2.21. The van der Waals surface area contributed by atoms with Gasteiger partial charge in [0.2, 0.25) is 0 Å². The smallest absolute Gasteiger partial charge is 0.341 e. The van der Waals surface area contributed by atoms with E-state index in [1.54, 1.807) is 30.5 Å². The molecular formula is C18H13N3O4. The minimum absolute atomic E-state index is 0.200. The summed E-state index contributed by atoms with van der Waals surface area (Å²) >= 11 is 0. The van der Waals surface area contributed by atoms with Crippen molar-refractivity contribution in [3.63, 3.8) is 0 Å². The summed E-state index contributed by atoms with van der Waals surface area (Å²) in [5.41, 5.74) is 1.17. The topological polar surface area (TPSA) is 87.2 Å². The molecule has 0 aliphatic heterocycles. The zero-order valence-electron chi connectivity index (χ0n) is 13.3. The van der Waals surface area contributed by atoms with Gasteiger partial charge in [-0.1, -0.05) is 12.1 Å². The molecule has 0 bridgehead atoms. The number of pyridine rings is 1. The number of para-hydroxylation sites is 1. The fourth-order valence-electron chi connectivity index (χ4n) is 2.75. The number of aromatic nitrogens is 3. The summed E-state index contributed by atoms with van der Waals surface area (Å²) < 4.78 is 12.0. The predicted octanol–water partition coefficient (Wildman–Crippen LogP) is 2.37. The van der Waals surface area contributed by atoms with E-state index >= 15 is 0 Å². The maximum Gasteiger partial charge on any atom is 0.341 e. The van der Waals surface area contributed by atoms with E-state index in [1.165, 1.54) is 24.2 Å². The number of carbonyl (C=O) groups is 1. The van der Waals surface area contributed by atoms with Gasteiger partial charge in [-0.25, -0.2) is 9.78 Å². The Balaban J connectivity index is 1.78. The molecule has 0 saturated heterocycles. The van der Waals surface area contributed by atoms with Crippen molar-refractivity contribution in [3.05, 3.63) is 70.7 Å². The summed E-state index contributed by atoms with van der Waals surface area (Å²) in [5.74, 6) is 0.0700. The molecule has 0 N–H and O–H groups in total. The van der Waals surface area contributed by atoms with E-state index in [-0.39, 0.29) is 12.1 Å². The quantitative estimate of drug-likeness (QED) is 0.534. The van der Waals surface area contributed by atoms with Gasteiger partial charge < -0.3 is 9.15 Å². The van der Waals surface area contributed by atoms with Crippen molar-refractivity contribution in [2.24, 2.45) is 0 Å². The minimum Gasteiger partial charge on any atom is -0.465 e. The van der Waals surface area contributed by atoms with Crippen molar-refractivity contribution in [1.29, 1.82) is 0 Å². The molecule has 0 aliphatic rings. The number of ether oxygens (including phenoxy) is 1. The SMILES string of the molecule is COC(=O)c1cccc2cc(Cn3cnc4ccncc4c3=O)oc12. The van der Waals surface area contributed by atoms with Crippen LogP contribution in [-0.2, 0) is 11.3 Å². The summed E-state index contributed by atoms with van der Waals surface area (Å²) in [6.07, 6.45) is 4.56. The third-order valence-corrected chi connectivity index (χ3v) is 3.95. The molecule has 0 spiro atoms. The van der Waals surface area contributed by atoms with Crippen LogP contribution >= 0.6 is 0 Å². The van der Waals surface area contributed by atoms with E-state index in [2.05, 4.69) is 9.97 Å². The highest BCUT2D eigenvalue weighted by molar-refractivity contribution is 6.02. The standard InChI is InChI=1S/C18H13N3O4/c1-24-18(23)13-4-2-3-11-7-12(25-16(11)13)9-21-10-20-15-5-6-19-8-14(15)17(21)22/h2-8,10H,9H2,1H3. The van der Waals surface area contributed by atoms with Crippen LogP contribution in [0.2, 0.25) is 0 Å². The Hall–Kier alpha value is -3.48. The van der Waals surface area contributed by atoms with Gasteiger partial charge in [0, 0.05) is 17.8 Å². The van der Waals surface area contributed by atoms with Crippen molar-refractivity contribution >= 4 is 27.8 Å². The van der Waals surface area contributed by atoms with Gasteiger partial charge in [-0.2, -0.15) is 0 Å². The van der Waals surface area contributed by atoms with Crippen LogP contribution in [-0.4, -0.2) is 27.6 Å². The fraction of sp³-hybridized carbons (Fsp3) is 0.111. The molecule has 4 aromatic rings. The largest absolute Gasteiger partial charge is 0.465 e. The van der Waals surface area contributed by atoms with Crippen LogP contribution in [0.15, 0.2) is 58.3 Å². The number of hydrogen-bond acceptors (Lipinski definition) is 6. The van der Waals surface area contributed by atoms with E-state index in [1.807, 2.05) is 6.07 Å². The number of esters is 1. The Labute approximate surface area is 141 Å². The lowest BCUT2D eigenvalue weighted by molar-refractivity contribution is 0.0601. The number of rotatable bonds is 3. The van der Waals surface area contributed by atoms with Crippen LogP contribution in [0.1, 0.15) is 16.1 Å². The minimum atomic E-state index is -0.470. The molecule has 0 aliphatic carbocycles. The second-order valence-corrected chi connectivity index (χ2v) is 5.50. The Morgan fingerprint density at radius 2 is 2.20 bits per heavy atom. The molecule has 25 heavy (non-hydrogen) atoms. The highest BCUT2D eigenvalue weighted by atomic mass is 16.5. The molecule has 0 unspecified atom stereocenters. The normalized spacial score (nSPS) is 11.1. The van der Waals surface area contributed by atoms with Crippen LogP contribution in [0.3, 0.4) is 0 Å². The van der Waals surface area contributed by atoms with Gasteiger partial charge in [-0.05, 0) is 18.2 Å². The Morgan fingerprint density at radius 1 is 1.32 bits per heavy atom. The van der Waals surface area contributed by atoms with Gasteiger partial charge in [0.15, 0.2) is 0 Å². The van der Waals surface area contributed by atoms with Gasteiger partial charge in [-0.3, -0.25) is 14.3 Å². The fourth-order valence-corrected chi connectivity index (χ4v) is 2.75. The molecule has 1 aromatic carbocycles. The number of furan rings is 1. The molecule has 0 fully saturated rings. The monoisotopic (exact) mass is 335 g/mol.